The first kappa shape index (κ1) is 12.7. The molecular formula is C17H24N2O. The number of ether oxygens (including phenoxy) is 1. The zero-order chi connectivity index (χ0) is 13.4. The molecule has 3 heterocycles. The minimum Gasteiger partial charge on any atom is -0.493 e. The normalized spacial score (nSPS) is 33.3. The van der Waals surface area contributed by atoms with E-state index in [1.54, 1.807) is 0 Å². The Balaban J connectivity index is 1.52. The van der Waals surface area contributed by atoms with Crippen LogP contribution in [0.3, 0.4) is 0 Å². The van der Waals surface area contributed by atoms with E-state index in [2.05, 4.69) is 34.5 Å². The summed E-state index contributed by atoms with van der Waals surface area (Å²) in [6.45, 7) is 5.79. The minimum atomic E-state index is 0.652. The summed E-state index contributed by atoms with van der Waals surface area (Å²) in [4.78, 5) is 2.75. The molecule has 0 aliphatic carbocycles. The number of nitrogens with one attached hydrogen (secondary N) is 1. The lowest BCUT2D eigenvalue weighted by molar-refractivity contribution is 0.109. The molecule has 1 aromatic carbocycles. The van der Waals surface area contributed by atoms with E-state index in [-0.39, 0.29) is 0 Å². The number of benzene rings is 1. The number of likely N-dealkylation sites (tertiary alicyclic amines) is 1. The fourth-order valence-electron chi connectivity index (χ4n) is 4.28. The molecule has 3 nitrogen and oxygen atoms in total. The third-order valence-corrected chi connectivity index (χ3v) is 5.33. The fourth-order valence-corrected chi connectivity index (χ4v) is 4.28. The van der Waals surface area contributed by atoms with Crippen LogP contribution in [0.2, 0.25) is 0 Å². The topological polar surface area (TPSA) is 24.5 Å². The predicted octanol–water partition coefficient (Wildman–Crippen LogP) is 2.24. The van der Waals surface area contributed by atoms with Gasteiger partial charge in [-0.1, -0.05) is 18.2 Å². The van der Waals surface area contributed by atoms with E-state index in [9.17, 15) is 0 Å². The summed E-state index contributed by atoms with van der Waals surface area (Å²) in [5.41, 5.74) is 1.42. The molecule has 0 aromatic heterocycles. The first-order valence-corrected chi connectivity index (χ1v) is 8.08. The van der Waals surface area contributed by atoms with Crippen LogP contribution in [0.25, 0.3) is 0 Å². The molecule has 0 saturated carbocycles. The number of hydrogen-bond donors (Lipinski definition) is 1. The molecule has 1 N–H and O–H groups in total. The van der Waals surface area contributed by atoms with Gasteiger partial charge < -0.3 is 10.1 Å². The molecule has 2 fully saturated rings. The summed E-state index contributed by atoms with van der Waals surface area (Å²) >= 11 is 0. The summed E-state index contributed by atoms with van der Waals surface area (Å²) in [5.74, 6) is 2.65. The molecule has 108 valence electrons. The van der Waals surface area contributed by atoms with Crippen LogP contribution >= 0.6 is 0 Å². The quantitative estimate of drug-likeness (QED) is 0.893. The lowest BCUT2D eigenvalue weighted by Crippen LogP contribution is -2.47. The molecule has 20 heavy (non-hydrogen) atoms. The summed E-state index contributed by atoms with van der Waals surface area (Å²) in [6, 6.07) is 9.39. The van der Waals surface area contributed by atoms with Gasteiger partial charge in [-0.2, -0.15) is 0 Å². The summed E-state index contributed by atoms with van der Waals surface area (Å²) < 4.78 is 5.80. The fraction of sp³-hybridized carbons (Fsp3) is 0.647. The summed E-state index contributed by atoms with van der Waals surface area (Å²) in [6.07, 6.45) is 3.95. The van der Waals surface area contributed by atoms with Crippen molar-refractivity contribution in [3.63, 3.8) is 0 Å². The van der Waals surface area contributed by atoms with Crippen LogP contribution in [0.15, 0.2) is 24.3 Å². The number of piperidine rings is 1. The average Bonchev–Trinajstić information content (AvgIpc) is 2.97. The number of rotatable bonds is 2. The van der Waals surface area contributed by atoms with Gasteiger partial charge in [-0.05, 0) is 49.9 Å². The number of fused-ring (bicyclic) bond motifs is 2. The van der Waals surface area contributed by atoms with Crippen molar-refractivity contribution in [3.05, 3.63) is 29.8 Å². The molecule has 0 amide bonds. The monoisotopic (exact) mass is 272 g/mol. The Bertz CT molecular complexity index is 476. The van der Waals surface area contributed by atoms with Crippen molar-refractivity contribution < 1.29 is 4.74 Å². The Morgan fingerprint density at radius 3 is 3.15 bits per heavy atom. The molecular weight excluding hydrogens is 248 g/mol. The van der Waals surface area contributed by atoms with Crippen molar-refractivity contribution >= 4 is 0 Å². The standard InChI is InChI=1S/C17H24N2O/c1-2-6-17-15(5-1)14(7-9-20-17)12-19-8-3-4-13-10-18-11-16(13)19/h1-2,5-6,13-14,16,18H,3-4,7-12H2. The van der Waals surface area contributed by atoms with Gasteiger partial charge in [0.15, 0.2) is 0 Å². The van der Waals surface area contributed by atoms with E-state index in [4.69, 9.17) is 4.74 Å². The maximum Gasteiger partial charge on any atom is 0.122 e. The van der Waals surface area contributed by atoms with Gasteiger partial charge in [0.25, 0.3) is 0 Å². The minimum absolute atomic E-state index is 0.652. The number of para-hydroxylation sites is 1. The number of hydrogen-bond acceptors (Lipinski definition) is 3. The lowest BCUT2D eigenvalue weighted by atomic mass is 9.88. The van der Waals surface area contributed by atoms with Crippen molar-refractivity contribution in [2.75, 3.05) is 32.8 Å². The van der Waals surface area contributed by atoms with Crippen molar-refractivity contribution in [1.82, 2.24) is 10.2 Å². The van der Waals surface area contributed by atoms with Gasteiger partial charge in [-0.15, -0.1) is 0 Å². The van der Waals surface area contributed by atoms with Gasteiger partial charge in [0, 0.05) is 25.0 Å². The van der Waals surface area contributed by atoms with Gasteiger partial charge in [-0.3, -0.25) is 4.90 Å². The third kappa shape index (κ3) is 2.23. The highest BCUT2D eigenvalue weighted by Crippen LogP contribution is 2.36. The molecule has 2 saturated heterocycles. The van der Waals surface area contributed by atoms with Crippen LogP contribution in [0, 0.1) is 5.92 Å². The molecule has 3 unspecified atom stereocenters. The smallest absolute Gasteiger partial charge is 0.122 e. The Morgan fingerprint density at radius 1 is 1.20 bits per heavy atom. The first-order chi connectivity index (χ1) is 9.92. The second-order valence-electron chi connectivity index (χ2n) is 6.49. The van der Waals surface area contributed by atoms with Crippen LogP contribution in [0.1, 0.15) is 30.7 Å². The van der Waals surface area contributed by atoms with Gasteiger partial charge in [0.05, 0.1) is 6.61 Å². The van der Waals surface area contributed by atoms with Gasteiger partial charge in [0.1, 0.15) is 5.75 Å². The van der Waals surface area contributed by atoms with E-state index in [1.165, 1.54) is 51.0 Å². The molecule has 0 radical (unpaired) electrons. The van der Waals surface area contributed by atoms with Gasteiger partial charge in [-0.25, -0.2) is 0 Å². The highest BCUT2D eigenvalue weighted by atomic mass is 16.5. The molecule has 0 bridgehead atoms. The third-order valence-electron chi connectivity index (χ3n) is 5.33. The highest BCUT2D eigenvalue weighted by Gasteiger charge is 2.36. The molecule has 4 rings (SSSR count). The largest absolute Gasteiger partial charge is 0.493 e. The summed E-state index contributed by atoms with van der Waals surface area (Å²) in [7, 11) is 0. The van der Waals surface area contributed by atoms with Crippen molar-refractivity contribution in [2.45, 2.75) is 31.2 Å². The Kier molecular flexibility index (Phi) is 3.41. The maximum atomic E-state index is 5.80. The highest BCUT2D eigenvalue weighted by molar-refractivity contribution is 5.38. The molecule has 3 heteroatoms. The second kappa shape index (κ2) is 5.38. The molecule has 3 aliphatic rings. The average molecular weight is 272 g/mol. The van der Waals surface area contributed by atoms with Crippen LogP contribution < -0.4 is 10.1 Å². The van der Waals surface area contributed by atoms with Crippen LogP contribution in [0.5, 0.6) is 5.75 Å². The second-order valence-corrected chi connectivity index (χ2v) is 6.49. The number of nitrogens with zero attached hydrogens (tertiary/aromatic N) is 1. The van der Waals surface area contributed by atoms with Gasteiger partial charge >= 0.3 is 0 Å². The first-order valence-electron chi connectivity index (χ1n) is 8.08. The van der Waals surface area contributed by atoms with E-state index in [0.717, 1.165) is 24.3 Å². The van der Waals surface area contributed by atoms with Crippen LogP contribution in [-0.4, -0.2) is 43.7 Å². The van der Waals surface area contributed by atoms with Crippen molar-refractivity contribution in [2.24, 2.45) is 5.92 Å². The summed E-state index contributed by atoms with van der Waals surface area (Å²) in [5, 5.41) is 3.58. The van der Waals surface area contributed by atoms with Gasteiger partial charge in [0.2, 0.25) is 0 Å². The SMILES string of the molecule is c1ccc2c(c1)OCCC2CN1CCCC2CNCC21. The van der Waals surface area contributed by atoms with Crippen molar-refractivity contribution in [3.8, 4) is 5.75 Å². The molecule has 3 atom stereocenters. The maximum absolute atomic E-state index is 5.80. The lowest BCUT2D eigenvalue weighted by Gasteiger charge is -2.40. The predicted molar refractivity (Wildman–Crippen MR) is 80.2 cm³/mol. The van der Waals surface area contributed by atoms with Crippen molar-refractivity contribution in [1.29, 1.82) is 0 Å². The Labute approximate surface area is 121 Å². The van der Waals surface area contributed by atoms with Crippen LogP contribution in [-0.2, 0) is 0 Å². The van der Waals surface area contributed by atoms with E-state index >= 15 is 0 Å². The van der Waals surface area contributed by atoms with E-state index in [0.29, 0.717) is 5.92 Å². The van der Waals surface area contributed by atoms with E-state index < -0.39 is 0 Å². The molecule has 1 aromatic rings. The Morgan fingerprint density at radius 2 is 2.15 bits per heavy atom. The zero-order valence-corrected chi connectivity index (χ0v) is 12.1. The molecule has 0 spiro atoms. The Hall–Kier alpha value is -1.06. The van der Waals surface area contributed by atoms with Crippen LogP contribution in [0.4, 0.5) is 0 Å². The zero-order valence-electron chi connectivity index (χ0n) is 12.1. The molecule has 3 aliphatic heterocycles. The van der Waals surface area contributed by atoms with E-state index in [1.807, 2.05) is 0 Å².